The lowest BCUT2D eigenvalue weighted by Gasteiger charge is -2.41. The van der Waals surface area contributed by atoms with Crippen molar-refractivity contribution in [1.82, 2.24) is 10.2 Å². The molecule has 108 valence electrons. The monoisotopic (exact) mass is 270 g/mol. The van der Waals surface area contributed by atoms with Gasteiger partial charge >= 0.3 is 0 Å². The van der Waals surface area contributed by atoms with Gasteiger partial charge in [-0.1, -0.05) is 37.5 Å². The summed E-state index contributed by atoms with van der Waals surface area (Å²) in [4.78, 5) is 2.70. The molecule has 2 unspecified atom stereocenters. The predicted octanol–water partition coefficient (Wildman–Crippen LogP) is 3.30. The predicted molar refractivity (Wildman–Crippen MR) is 82.3 cm³/mol. The molecule has 1 saturated carbocycles. The van der Waals surface area contributed by atoms with Crippen LogP contribution in [0.1, 0.15) is 48.8 Å². The van der Waals surface area contributed by atoms with Crippen LogP contribution >= 0.6 is 0 Å². The molecule has 1 aromatic carbocycles. The van der Waals surface area contributed by atoms with E-state index >= 15 is 0 Å². The van der Waals surface area contributed by atoms with Crippen molar-refractivity contribution in [3.63, 3.8) is 0 Å². The van der Waals surface area contributed by atoms with Crippen molar-refractivity contribution >= 4 is 0 Å². The first-order valence-electron chi connectivity index (χ1n) is 8.42. The smallest absolute Gasteiger partial charge is 0.0233 e. The molecule has 2 nitrogen and oxygen atoms in total. The fraction of sp³-hybridized carbons (Fsp3) is 0.667. The molecule has 1 aliphatic carbocycles. The molecule has 0 radical (unpaired) electrons. The highest BCUT2D eigenvalue weighted by molar-refractivity contribution is 5.34. The maximum Gasteiger partial charge on any atom is 0.0233 e. The van der Waals surface area contributed by atoms with Gasteiger partial charge in [0.2, 0.25) is 0 Å². The molecular weight excluding hydrogens is 244 g/mol. The van der Waals surface area contributed by atoms with E-state index in [1.54, 1.807) is 0 Å². The molecule has 0 bridgehead atoms. The number of benzene rings is 1. The number of nitrogens with zero attached hydrogens (tertiary/aromatic N) is 1. The second kappa shape index (κ2) is 5.50. The summed E-state index contributed by atoms with van der Waals surface area (Å²) in [5.74, 6) is 2.04. The van der Waals surface area contributed by atoms with Gasteiger partial charge in [-0.25, -0.2) is 0 Å². The topological polar surface area (TPSA) is 15.3 Å². The average Bonchev–Trinajstić information content (AvgIpc) is 2.95. The van der Waals surface area contributed by atoms with Gasteiger partial charge in [-0.15, -0.1) is 0 Å². The Bertz CT molecular complexity index is 482. The Balaban J connectivity index is 1.41. The van der Waals surface area contributed by atoms with Crippen molar-refractivity contribution < 1.29 is 0 Å². The van der Waals surface area contributed by atoms with Crippen LogP contribution < -0.4 is 5.32 Å². The normalized spacial score (nSPS) is 30.0. The Morgan fingerprint density at radius 2 is 1.85 bits per heavy atom. The number of piperidine rings is 1. The summed E-state index contributed by atoms with van der Waals surface area (Å²) in [5.41, 5.74) is 4.54. The molecule has 2 atom stereocenters. The molecule has 0 spiro atoms. The summed E-state index contributed by atoms with van der Waals surface area (Å²) >= 11 is 0. The Hall–Kier alpha value is -0.860. The zero-order valence-corrected chi connectivity index (χ0v) is 12.4. The molecule has 1 N–H and O–H groups in total. The van der Waals surface area contributed by atoms with Crippen LogP contribution in [0.4, 0.5) is 0 Å². The van der Waals surface area contributed by atoms with Crippen LogP contribution in [0, 0.1) is 11.8 Å². The summed E-state index contributed by atoms with van der Waals surface area (Å²) < 4.78 is 0. The fourth-order valence-electron chi connectivity index (χ4n) is 4.52. The minimum atomic E-state index is 0.994. The van der Waals surface area contributed by atoms with E-state index in [0.29, 0.717) is 0 Å². The SMILES string of the molecule is c1cc2c(cc1CN1CCC3CCCCC3C1)CNC2. The van der Waals surface area contributed by atoms with Crippen molar-refractivity contribution in [1.29, 1.82) is 0 Å². The van der Waals surface area contributed by atoms with Crippen LogP contribution in [-0.2, 0) is 19.6 Å². The van der Waals surface area contributed by atoms with E-state index in [-0.39, 0.29) is 0 Å². The summed E-state index contributed by atoms with van der Waals surface area (Å²) in [6, 6.07) is 7.11. The first-order valence-corrected chi connectivity index (χ1v) is 8.42. The van der Waals surface area contributed by atoms with Gasteiger partial charge < -0.3 is 5.32 Å². The quantitative estimate of drug-likeness (QED) is 0.887. The van der Waals surface area contributed by atoms with Gasteiger partial charge in [-0.3, -0.25) is 4.90 Å². The molecule has 2 heteroatoms. The Morgan fingerprint density at radius 1 is 1.00 bits per heavy atom. The first-order chi connectivity index (χ1) is 9.88. The van der Waals surface area contributed by atoms with Gasteiger partial charge in [0.05, 0.1) is 0 Å². The largest absolute Gasteiger partial charge is 0.309 e. The van der Waals surface area contributed by atoms with Crippen LogP contribution in [-0.4, -0.2) is 18.0 Å². The van der Waals surface area contributed by atoms with E-state index in [2.05, 4.69) is 28.4 Å². The van der Waals surface area contributed by atoms with Crippen LogP contribution in [0.5, 0.6) is 0 Å². The second-order valence-electron chi connectivity index (χ2n) is 7.04. The molecule has 2 fully saturated rings. The van der Waals surface area contributed by atoms with Crippen molar-refractivity contribution in [2.75, 3.05) is 13.1 Å². The highest BCUT2D eigenvalue weighted by Gasteiger charge is 2.30. The third kappa shape index (κ3) is 2.51. The maximum atomic E-state index is 3.44. The summed E-state index contributed by atoms with van der Waals surface area (Å²) in [7, 11) is 0. The third-order valence-corrected chi connectivity index (χ3v) is 5.68. The van der Waals surface area contributed by atoms with Crippen molar-refractivity contribution in [2.45, 2.75) is 51.7 Å². The van der Waals surface area contributed by atoms with E-state index in [1.165, 1.54) is 61.9 Å². The fourth-order valence-corrected chi connectivity index (χ4v) is 4.52. The highest BCUT2D eigenvalue weighted by Crippen LogP contribution is 2.36. The minimum absolute atomic E-state index is 0.994. The second-order valence-corrected chi connectivity index (χ2v) is 7.04. The minimum Gasteiger partial charge on any atom is -0.309 e. The number of rotatable bonds is 2. The molecule has 1 aromatic rings. The van der Waals surface area contributed by atoms with Gasteiger partial charge in [0.15, 0.2) is 0 Å². The lowest BCUT2D eigenvalue weighted by molar-refractivity contribution is 0.0820. The van der Waals surface area contributed by atoms with Crippen LogP contribution in [0.25, 0.3) is 0 Å². The Kier molecular flexibility index (Phi) is 3.53. The summed E-state index contributed by atoms with van der Waals surface area (Å²) in [5, 5.41) is 3.44. The van der Waals surface area contributed by atoms with Crippen molar-refractivity contribution in [3.05, 3.63) is 34.9 Å². The molecule has 20 heavy (non-hydrogen) atoms. The van der Waals surface area contributed by atoms with E-state index in [0.717, 1.165) is 31.5 Å². The molecule has 0 amide bonds. The lowest BCUT2D eigenvalue weighted by Crippen LogP contribution is -2.41. The highest BCUT2D eigenvalue weighted by atomic mass is 15.1. The van der Waals surface area contributed by atoms with E-state index in [9.17, 15) is 0 Å². The number of hydrogen-bond donors (Lipinski definition) is 1. The molecule has 4 rings (SSSR count). The molecular formula is C18H26N2. The van der Waals surface area contributed by atoms with E-state index in [1.807, 2.05) is 0 Å². The van der Waals surface area contributed by atoms with Gasteiger partial charge in [-0.2, -0.15) is 0 Å². The zero-order valence-electron chi connectivity index (χ0n) is 12.4. The third-order valence-electron chi connectivity index (χ3n) is 5.68. The molecule has 2 heterocycles. The van der Waals surface area contributed by atoms with E-state index < -0.39 is 0 Å². The van der Waals surface area contributed by atoms with Crippen LogP contribution in [0.2, 0.25) is 0 Å². The standard InChI is InChI=1S/C18H26N2/c1-2-4-17-13-20(8-7-15(17)3-1)12-14-5-6-16-10-19-11-18(16)9-14/h5-6,9,15,17,19H,1-4,7-8,10-13H2. The van der Waals surface area contributed by atoms with Gasteiger partial charge in [0.1, 0.15) is 0 Å². The molecule has 1 saturated heterocycles. The first kappa shape index (κ1) is 12.8. The average molecular weight is 270 g/mol. The zero-order chi connectivity index (χ0) is 13.4. The Morgan fingerprint density at radius 3 is 2.80 bits per heavy atom. The van der Waals surface area contributed by atoms with Gasteiger partial charge in [0.25, 0.3) is 0 Å². The number of hydrogen-bond acceptors (Lipinski definition) is 2. The van der Waals surface area contributed by atoms with E-state index in [4.69, 9.17) is 0 Å². The summed E-state index contributed by atoms with van der Waals surface area (Å²) in [6.45, 7) is 5.95. The number of likely N-dealkylation sites (tertiary alicyclic amines) is 1. The van der Waals surface area contributed by atoms with Gasteiger partial charge in [0, 0.05) is 26.2 Å². The Labute approximate surface area is 122 Å². The van der Waals surface area contributed by atoms with Crippen LogP contribution in [0.15, 0.2) is 18.2 Å². The van der Waals surface area contributed by atoms with Crippen molar-refractivity contribution in [2.24, 2.45) is 11.8 Å². The van der Waals surface area contributed by atoms with Crippen molar-refractivity contribution in [3.8, 4) is 0 Å². The molecule has 2 aliphatic heterocycles. The number of nitrogens with one attached hydrogen (secondary N) is 1. The maximum absolute atomic E-state index is 3.44. The summed E-state index contributed by atoms with van der Waals surface area (Å²) in [6.07, 6.45) is 7.38. The number of fused-ring (bicyclic) bond motifs is 2. The molecule has 3 aliphatic rings. The lowest BCUT2D eigenvalue weighted by atomic mass is 9.75. The molecule has 0 aromatic heterocycles. The van der Waals surface area contributed by atoms with Gasteiger partial charge in [-0.05, 0) is 47.9 Å². The van der Waals surface area contributed by atoms with Crippen LogP contribution in [0.3, 0.4) is 0 Å².